The van der Waals surface area contributed by atoms with Crippen molar-refractivity contribution in [2.45, 2.75) is 31.1 Å². The number of aliphatic hydroxyl groups excluding tert-OH is 1. The summed E-state index contributed by atoms with van der Waals surface area (Å²) in [6.07, 6.45) is 0.567. The standard InChI is InChI=1S/C8H17NO3S/c1-8(2)6(7(9)5-10)3-4-13(8,11)12/h6-7,10H,3-5,9H2,1-2H3/t6?,7-/m0/s1. The molecule has 13 heavy (non-hydrogen) atoms. The third kappa shape index (κ3) is 1.60. The molecule has 1 rings (SSSR count). The van der Waals surface area contributed by atoms with Crippen molar-refractivity contribution in [3.8, 4) is 0 Å². The first-order valence-corrected chi connectivity index (χ1v) is 6.07. The van der Waals surface area contributed by atoms with Gasteiger partial charge in [-0.05, 0) is 26.2 Å². The van der Waals surface area contributed by atoms with Gasteiger partial charge in [-0.1, -0.05) is 0 Å². The van der Waals surface area contributed by atoms with Crippen molar-refractivity contribution in [2.24, 2.45) is 11.7 Å². The fourth-order valence-corrected chi connectivity index (χ4v) is 3.82. The molecule has 0 radical (unpaired) electrons. The normalized spacial score (nSPS) is 33.1. The Morgan fingerprint density at radius 2 is 2.15 bits per heavy atom. The minimum Gasteiger partial charge on any atom is -0.395 e. The number of nitrogens with two attached hydrogens (primary N) is 1. The summed E-state index contributed by atoms with van der Waals surface area (Å²) in [5.74, 6) is 0.0701. The van der Waals surface area contributed by atoms with Gasteiger partial charge in [0.25, 0.3) is 0 Å². The highest BCUT2D eigenvalue weighted by Crippen LogP contribution is 2.38. The summed E-state index contributed by atoms with van der Waals surface area (Å²) < 4.78 is 22.4. The van der Waals surface area contributed by atoms with Crippen LogP contribution in [0.25, 0.3) is 0 Å². The van der Waals surface area contributed by atoms with Gasteiger partial charge in [-0.15, -0.1) is 0 Å². The molecule has 1 fully saturated rings. The Morgan fingerprint density at radius 3 is 2.46 bits per heavy atom. The van der Waals surface area contributed by atoms with E-state index in [9.17, 15) is 8.42 Å². The molecule has 1 unspecified atom stereocenters. The molecule has 0 amide bonds. The highest BCUT2D eigenvalue weighted by molar-refractivity contribution is 7.93. The monoisotopic (exact) mass is 207 g/mol. The summed E-state index contributed by atoms with van der Waals surface area (Å²) >= 11 is 0. The zero-order chi connectivity index (χ0) is 10.3. The first-order valence-electron chi connectivity index (χ1n) is 4.41. The van der Waals surface area contributed by atoms with Crippen LogP contribution < -0.4 is 5.73 Å². The number of hydrogen-bond donors (Lipinski definition) is 2. The van der Waals surface area contributed by atoms with E-state index in [0.29, 0.717) is 6.42 Å². The summed E-state index contributed by atoms with van der Waals surface area (Å²) in [5, 5.41) is 8.88. The maximum absolute atomic E-state index is 11.6. The molecule has 2 atom stereocenters. The molecular formula is C8H17NO3S. The number of rotatable bonds is 2. The predicted molar refractivity (Wildman–Crippen MR) is 51.0 cm³/mol. The predicted octanol–water partition coefficient (Wildman–Crippen LogP) is -0.481. The largest absolute Gasteiger partial charge is 0.395 e. The second-order valence-electron chi connectivity index (χ2n) is 4.16. The van der Waals surface area contributed by atoms with Crippen LogP contribution in [0, 0.1) is 5.92 Å². The summed E-state index contributed by atoms with van der Waals surface area (Å²) in [6.45, 7) is 3.23. The Hall–Kier alpha value is -0.130. The topological polar surface area (TPSA) is 80.4 Å². The van der Waals surface area contributed by atoms with Crippen LogP contribution in [0.3, 0.4) is 0 Å². The van der Waals surface area contributed by atoms with Crippen LogP contribution in [0.1, 0.15) is 20.3 Å². The summed E-state index contributed by atoms with van der Waals surface area (Å²) in [5.41, 5.74) is 5.66. The molecule has 4 nitrogen and oxygen atoms in total. The van der Waals surface area contributed by atoms with E-state index in [0.717, 1.165) is 0 Å². The zero-order valence-corrected chi connectivity index (χ0v) is 8.84. The molecule has 0 saturated carbocycles. The van der Waals surface area contributed by atoms with Crippen LogP contribution in [-0.2, 0) is 9.84 Å². The lowest BCUT2D eigenvalue weighted by Crippen LogP contribution is -2.45. The highest BCUT2D eigenvalue weighted by atomic mass is 32.2. The van der Waals surface area contributed by atoms with Crippen LogP contribution in [0.2, 0.25) is 0 Å². The van der Waals surface area contributed by atoms with Crippen molar-refractivity contribution in [1.82, 2.24) is 0 Å². The molecule has 1 heterocycles. The third-order valence-corrected chi connectivity index (χ3v) is 5.80. The van der Waals surface area contributed by atoms with Crippen LogP contribution >= 0.6 is 0 Å². The minimum atomic E-state index is -3.02. The molecule has 0 bridgehead atoms. The second kappa shape index (κ2) is 3.22. The van der Waals surface area contributed by atoms with Crippen molar-refractivity contribution in [1.29, 1.82) is 0 Å². The number of aliphatic hydroxyl groups is 1. The van der Waals surface area contributed by atoms with Gasteiger partial charge in [0.15, 0.2) is 9.84 Å². The average Bonchev–Trinajstić information content (AvgIpc) is 2.22. The second-order valence-corrected chi connectivity index (χ2v) is 6.85. The van der Waals surface area contributed by atoms with Crippen LogP contribution in [0.5, 0.6) is 0 Å². The summed E-state index contributed by atoms with van der Waals surface area (Å²) in [4.78, 5) is 0. The molecule has 0 aromatic rings. The molecule has 78 valence electrons. The smallest absolute Gasteiger partial charge is 0.155 e. The van der Waals surface area contributed by atoms with Crippen molar-refractivity contribution in [3.63, 3.8) is 0 Å². The number of sulfone groups is 1. The summed E-state index contributed by atoms with van der Waals surface area (Å²) in [7, 11) is -3.02. The van der Waals surface area contributed by atoms with Crippen molar-refractivity contribution >= 4 is 9.84 Å². The maximum atomic E-state index is 11.6. The van der Waals surface area contributed by atoms with Crippen LogP contribution in [0.4, 0.5) is 0 Å². The summed E-state index contributed by atoms with van der Waals surface area (Å²) in [6, 6.07) is -0.424. The van der Waals surface area contributed by atoms with E-state index >= 15 is 0 Å². The van der Waals surface area contributed by atoms with Crippen LogP contribution in [-0.4, -0.2) is 36.7 Å². The van der Waals surface area contributed by atoms with E-state index in [1.54, 1.807) is 13.8 Å². The quantitative estimate of drug-likeness (QED) is 0.641. The van der Waals surface area contributed by atoms with Gasteiger partial charge < -0.3 is 10.8 Å². The first-order chi connectivity index (χ1) is 5.83. The van der Waals surface area contributed by atoms with E-state index in [4.69, 9.17) is 10.8 Å². The zero-order valence-electron chi connectivity index (χ0n) is 8.03. The van der Waals surface area contributed by atoms with Gasteiger partial charge >= 0.3 is 0 Å². The molecule has 0 spiro atoms. The number of hydrogen-bond acceptors (Lipinski definition) is 4. The van der Waals surface area contributed by atoms with Gasteiger partial charge in [-0.25, -0.2) is 8.42 Å². The Labute approximate surface area is 79.0 Å². The van der Waals surface area contributed by atoms with Crippen molar-refractivity contribution in [2.75, 3.05) is 12.4 Å². The van der Waals surface area contributed by atoms with E-state index in [2.05, 4.69) is 0 Å². The Balaban J connectivity index is 2.95. The van der Waals surface area contributed by atoms with E-state index in [-0.39, 0.29) is 18.3 Å². The Morgan fingerprint density at radius 1 is 1.62 bits per heavy atom. The molecule has 1 aliphatic heterocycles. The first kappa shape index (κ1) is 10.9. The Kier molecular flexibility index (Phi) is 2.71. The van der Waals surface area contributed by atoms with Gasteiger partial charge in [-0.3, -0.25) is 0 Å². The molecule has 0 aromatic heterocycles. The van der Waals surface area contributed by atoms with Gasteiger partial charge in [0.2, 0.25) is 0 Å². The van der Waals surface area contributed by atoms with E-state index in [1.165, 1.54) is 0 Å². The fourth-order valence-electron chi connectivity index (χ4n) is 1.98. The van der Waals surface area contributed by atoms with Gasteiger partial charge in [0.05, 0.1) is 17.1 Å². The highest BCUT2D eigenvalue weighted by Gasteiger charge is 2.49. The molecule has 1 aliphatic rings. The molecular weight excluding hydrogens is 190 g/mol. The van der Waals surface area contributed by atoms with E-state index in [1.807, 2.05) is 0 Å². The Bertz CT molecular complexity index is 284. The minimum absolute atomic E-state index is 0.123. The third-order valence-electron chi connectivity index (χ3n) is 3.12. The van der Waals surface area contributed by atoms with Crippen molar-refractivity contribution in [3.05, 3.63) is 0 Å². The fraction of sp³-hybridized carbons (Fsp3) is 1.00. The lowest BCUT2D eigenvalue weighted by molar-refractivity contribution is 0.209. The molecule has 0 aliphatic carbocycles. The molecule has 1 saturated heterocycles. The van der Waals surface area contributed by atoms with Crippen LogP contribution in [0.15, 0.2) is 0 Å². The molecule has 0 aromatic carbocycles. The van der Waals surface area contributed by atoms with E-state index < -0.39 is 20.6 Å². The molecule has 5 heteroatoms. The average molecular weight is 207 g/mol. The van der Waals surface area contributed by atoms with Gasteiger partial charge in [-0.2, -0.15) is 0 Å². The maximum Gasteiger partial charge on any atom is 0.155 e. The van der Waals surface area contributed by atoms with Crippen molar-refractivity contribution < 1.29 is 13.5 Å². The van der Waals surface area contributed by atoms with Gasteiger partial charge in [0, 0.05) is 6.04 Å². The SMILES string of the molecule is CC1(C)C([C@@H](N)CO)CCS1(=O)=O. The lowest BCUT2D eigenvalue weighted by Gasteiger charge is -2.29. The van der Waals surface area contributed by atoms with Gasteiger partial charge in [0.1, 0.15) is 0 Å². The molecule has 3 N–H and O–H groups in total. The lowest BCUT2D eigenvalue weighted by atomic mass is 9.87.